The van der Waals surface area contributed by atoms with E-state index in [1.807, 2.05) is 0 Å². The number of aryl methyl sites for hydroxylation is 3. The van der Waals surface area contributed by atoms with Gasteiger partial charge in [-0.15, -0.1) is 0 Å². The van der Waals surface area contributed by atoms with Crippen molar-refractivity contribution in [1.29, 1.82) is 0 Å². The highest BCUT2D eigenvalue weighted by Crippen LogP contribution is 2.33. The maximum Gasteiger partial charge on any atom is 0.416 e. The van der Waals surface area contributed by atoms with Gasteiger partial charge in [0.2, 0.25) is 5.91 Å². The molecule has 2 heterocycles. The minimum absolute atomic E-state index is 0.0643. The quantitative estimate of drug-likeness (QED) is 0.683. The van der Waals surface area contributed by atoms with Crippen LogP contribution in [0, 0.1) is 20.8 Å². The molecule has 0 saturated heterocycles. The van der Waals surface area contributed by atoms with Gasteiger partial charge in [-0.3, -0.25) is 14.2 Å². The van der Waals surface area contributed by atoms with Crippen molar-refractivity contribution in [2.45, 2.75) is 40.0 Å². The Morgan fingerprint density at radius 1 is 1.17 bits per heavy atom. The number of nitrogens with zero attached hydrogens (tertiary/aromatic N) is 3. The van der Waals surface area contributed by atoms with Gasteiger partial charge in [0.05, 0.1) is 16.9 Å². The van der Waals surface area contributed by atoms with Crippen LogP contribution in [-0.2, 0) is 24.1 Å². The maximum absolute atomic E-state index is 13.6. The molecule has 3 rings (SSSR count). The van der Waals surface area contributed by atoms with Gasteiger partial charge in [-0.1, -0.05) is 17.4 Å². The zero-order valence-corrected chi connectivity index (χ0v) is 16.8. The number of halogens is 3. The Hall–Kier alpha value is -2.88. The molecule has 6 nitrogen and oxygen atoms in total. The molecule has 1 amide bonds. The number of alkyl halides is 3. The van der Waals surface area contributed by atoms with Crippen LogP contribution in [0.25, 0.3) is 5.69 Å². The molecule has 1 aromatic carbocycles. The summed E-state index contributed by atoms with van der Waals surface area (Å²) in [5.74, 6) is -0.538. The minimum Gasteiger partial charge on any atom is -0.350 e. The van der Waals surface area contributed by atoms with Crippen LogP contribution in [-0.4, -0.2) is 20.3 Å². The highest BCUT2D eigenvalue weighted by atomic mass is 32.1. The summed E-state index contributed by atoms with van der Waals surface area (Å²) in [5.41, 5.74) is 1.43. The smallest absolute Gasteiger partial charge is 0.350 e. The van der Waals surface area contributed by atoms with Crippen LogP contribution in [0.15, 0.2) is 34.4 Å². The highest BCUT2D eigenvalue weighted by Gasteiger charge is 2.34. The van der Waals surface area contributed by atoms with Crippen molar-refractivity contribution in [3.05, 3.63) is 67.5 Å². The monoisotopic (exact) mass is 424 g/mol. The lowest BCUT2D eigenvalue weighted by atomic mass is 10.1. The van der Waals surface area contributed by atoms with E-state index in [1.165, 1.54) is 21.4 Å². The molecule has 0 unspecified atom stereocenters. The lowest BCUT2D eigenvalue weighted by molar-refractivity contribution is -0.138. The van der Waals surface area contributed by atoms with E-state index in [2.05, 4.69) is 10.4 Å². The summed E-state index contributed by atoms with van der Waals surface area (Å²) < 4.78 is 43.5. The first-order valence-electron chi connectivity index (χ1n) is 8.71. The minimum atomic E-state index is -4.59. The first-order chi connectivity index (χ1) is 13.6. The van der Waals surface area contributed by atoms with Crippen LogP contribution in [0.5, 0.6) is 0 Å². The van der Waals surface area contributed by atoms with E-state index in [4.69, 9.17) is 0 Å². The third-order valence-electron chi connectivity index (χ3n) is 4.41. The Morgan fingerprint density at radius 2 is 1.90 bits per heavy atom. The Morgan fingerprint density at radius 3 is 2.45 bits per heavy atom. The molecular weight excluding hydrogens is 405 g/mol. The molecule has 0 aliphatic rings. The SMILES string of the molecule is Cc1cc(C)n(-c2ccc(CNC(=O)Cn3c(C)csc3=O)c(C(F)(F)F)c2)n1. The molecule has 0 atom stereocenters. The van der Waals surface area contributed by atoms with E-state index < -0.39 is 17.6 Å². The highest BCUT2D eigenvalue weighted by molar-refractivity contribution is 7.07. The van der Waals surface area contributed by atoms with E-state index >= 15 is 0 Å². The number of benzene rings is 1. The summed E-state index contributed by atoms with van der Waals surface area (Å²) in [4.78, 5) is 23.5. The average Bonchev–Trinajstić information content (AvgIpc) is 3.14. The molecule has 0 aliphatic heterocycles. The lowest BCUT2D eigenvalue weighted by Crippen LogP contribution is -2.31. The number of rotatable bonds is 5. The molecule has 2 aromatic heterocycles. The first kappa shape index (κ1) is 20.8. The van der Waals surface area contributed by atoms with Crippen LogP contribution in [0.1, 0.15) is 28.2 Å². The van der Waals surface area contributed by atoms with E-state index in [0.717, 1.165) is 17.4 Å². The summed E-state index contributed by atoms with van der Waals surface area (Å²) in [7, 11) is 0. The Kier molecular flexibility index (Phi) is 5.65. The fraction of sp³-hybridized carbons (Fsp3) is 0.316. The van der Waals surface area contributed by atoms with Crippen LogP contribution in [0.4, 0.5) is 13.2 Å². The van der Waals surface area contributed by atoms with Gasteiger partial charge >= 0.3 is 11.0 Å². The molecule has 1 N–H and O–H groups in total. The fourth-order valence-electron chi connectivity index (χ4n) is 2.99. The molecule has 0 fully saturated rings. The van der Waals surface area contributed by atoms with Crippen LogP contribution in [0.2, 0.25) is 0 Å². The summed E-state index contributed by atoms with van der Waals surface area (Å²) in [6, 6.07) is 5.66. The lowest BCUT2D eigenvalue weighted by Gasteiger charge is -2.16. The average molecular weight is 424 g/mol. The summed E-state index contributed by atoms with van der Waals surface area (Å²) >= 11 is 0.966. The molecule has 10 heteroatoms. The van der Waals surface area contributed by atoms with E-state index in [-0.39, 0.29) is 23.5 Å². The predicted molar refractivity (Wildman–Crippen MR) is 103 cm³/mol. The molecule has 0 radical (unpaired) electrons. The maximum atomic E-state index is 13.6. The molecule has 3 aromatic rings. The number of thiazole rings is 1. The Balaban J connectivity index is 1.82. The third-order valence-corrected chi connectivity index (χ3v) is 5.29. The van der Waals surface area contributed by atoms with Gasteiger partial charge in [-0.2, -0.15) is 18.3 Å². The first-order valence-corrected chi connectivity index (χ1v) is 9.59. The van der Waals surface area contributed by atoms with Crippen molar-refractivity contribution in [2.75, 3.05) is 0 Å². The predicted octanol–water partition coefficient (Wildman–Crippen LogP) is 3.36. The number of nitrogens with one attached hydrogen (secondary N) is 1. The second-order valence-electron chi connectivity index (χ2n) is 6.68. The molecule has 29 heavy (non-hydrogen) atoms. The number of hydrogen-bond acceptors (Lipinski definition) is 4. The normalized spacial score (nSPS) is 11.7. The second-order valence-corrected chi connectivity index (χ2v) is 7.50. The summed E-state index contributed by atoms with van der Waals surface area (Å²) in [5, 5.41) is 8.30. The van der Waals surface area contributed by atoms with Crippen molar-refractivity contribution in [3.63, 3.8) is 0 Å². The van der Waals surface area contributed by atoms with Gasteiger partial charge in [-0.05, 0) is 44.5 Å². The van der Waals surface area contributed by atoms with Gasteiger partial charge < -0.3 is 5.32 Å². The van der Waals surface area contributed by atoms with Crippen LogP contribution in [0.3, 0.4) is 0 Å². The standard InChI is InChI=1S/C19H19F3N4O2S/c1-11-6-12(2)26(24-11)15-5-4-14(16(7-15)19(20,21)22)8-23-17(27)9-25-13(3)10-29-18(25)28/h4-7,10H,8-9H2,1-3H3,(H,23,27). The van der Waals surface area contributed by atoms with E-state index in [1.54, 1.807) is 32.2 Å². The topological polar surface area (TPSA) is 68.9 Å². The van der Waals surface area contributed by atoms with Gasteiger partial charge in [0.25, 0.3) is 0 Å². The van der Waals surface area contributed by atoms with Crippen LogP contribution < -0.4 is 10.2 Å². The second kappa shape index (κ2) is 7.86. The molecule has 154 valence electrons. The number of hydrogen-bond donors (Lipinski definition) is 1. The molecule has 0 saturated carbocycles. The Labute approximate surface area is 168 Å². The van der Waals surface area contributed by atoms with Crippen molar-refractivity contribution < 1.29 is 18.0 Å². The van der Waals surface area contributed by atoms with Gasteiger partial charge in [0.1, 0.15) is 6.54 Å². The third kappa shape index (κ3) is 4.58. The molecule has 0 bridgehead atoms. The van der Waals surface area contributed by atoms with Gasteiger partial charge in [0, 0.05) is 23.3 Å². The fourth-order valence-corrected chi connectivity index (χ4v) is 3.73. The zero-order chi connectivity index (χ0) is 21.3. The van der Waals surface area contributed by atoms with Crippen molar-refractivity contribution >= 4 is 17.2 Å². The summed E-state index contributed by atoms with van der Waals surface area (Å²) in [6.07, 6.45) is -4.59. The van der Waals surface area contributed by atoms with Gasteiger partial charge in [-0.25, -0.2) is 4.68 Å². The molecular formula is C19H19F3N4O2S. The zero-order valence-electron chi connectivity index (χ0n) is 16.0. The number of aromatic nitrogens is 3. The van der Waals surface area contributed by atoms with Gasteiger partial charge in [0.15, 0.2) is 0 Å². The van der Waals surface area contributed by atoms with E-state index in [0.29, 0.717) is 22.8 Å². The van der Waals surface area contributed by atoms with E-state index in [9.17, 15) is 22.8 Å². The number of carbonyl (C=O) groups is 1. The largest absolute Gasteiger partial charge is 0.416 e. The van der Waals surface area contributed by atoms with Crippen molar-refractivity contribution in [1.82, 2.24) is 19.7 Å². The molecule has 0 spiro atoms. The molecule has 0 aliphatic carbocycles. The van der Waals surface area contributed by atoms with Crippen LogP contribution >= 0.6 is 11.3 Å². The Bertz CT molecular complexity index is 1110. The summed E-state index contributed by atoms with van der Waals surface area (Å²) in [6.45, 7) is 4.67. The van der Waals surface area contributed by atoms with Crippen molar-refractivity contribution in [3.8, 4) is 5.69 Å². The number of amides is 1. The number of carbonyl (C=O) groups excluding carboxylic acids is 1. The van der Waals surface area contributed by atoms with Crippen molar-refractivity contribution in [2.24, 2.45) is 0 Å².